The highest BCUT2D eigenvalue weighted by atomic mass is 32.9. The zero-order valence-electron chi connectivity index (χ0n) is 33.9. The molecule has 0 N–H and O–H groups in total. The lowest BCUT2D eigenvalue weighted by atomic mass is 10.2. The lowest BCUT2D eigenvalue weighted by molar-refractivity contribution is -0.140. The van der Waals surface area contributed by atoms with Crippen LogP contribution in [0.3, 0.4) is 0 Å². The smallest absolute Gasteiger partial charge is 0.306 e. The van der Waals surface area contributed by atoms with Crippen LogP contribution in [0.2, 0.25) is 0 Å². The van der Waals surface area contributed by atoms with Crippen LogP contribution < -0.4 is 0 Å². The van der Waals surface area contributed by atoms with Gasteiger partial charge < -0.3 is 40.9 Å². The van der Waals surface area contributed by atoms with E-state index in [1.54, 1.807) is 0 Å². The van der Waals surface area contributed by atoms with Crippen LogP contribution >= 0.6 is 68.3 Å². The van der Waals surface area contributed by atoms with Crippen LogP contribution in [0.4, 0.5) is 0 Å². The number of ether oxygens (including phenoxy) is 1. The maximum Gasteiger partial charge on any atom is 0.306 e. The lowest BCUT2D eigenvalue weighted by Crippen LogP contribution is -2.17. The first-order valence-corrected chi connectivity index (χ1v) is 34.7. The molecule has 6 unspecified atom stereocenters. The molecular weight excluding hydrogens is 913 g/mol. The van der Waals surface area contributed by atoms with Crippen LogP contribution in [0, 0.1) is 17.8 Å². The highest BCUT2D eigenvalue weighted by Gasteiger charge is 2.33. The fourth-order valence-corrected chi connectivity index (χ4v) is 24.4. The van der Waals surface area contributed by atoms with Gasteiger partial charge in [-0.1, -0.05) is 87.1 Å². The second-order valence-electron chi connectivity index (χ2n) is 14.0. The average molecular weight is 979 g/mol. The normalized spacial score (nSPS) is 17.9. The van der Waals surface area contributed by atoms with E-state index in [0.717, 1.165) is 0 Å². The molecule has 0 spiro atoms. The summed E-state index contributed by atoms with van der Waals surface area (Å²) >= 11 is 29.7. The van der Waals surface area contributed by atoms with Gasteiger partial charge in [0.15, 0.2) is 0 Å². The molecule has 0 radical (unpaired) electrons. The summed E-state index contributed by atoms with van der Waals surface area (Å²) in [4.78, 5) is 11.7. The van der Waals surface area contributed by atoms with Crippen LogP contribution in [0.25, 0.3) is 0 Å². The van der Waals surface area contributed by atoms with E-state index in [0.29, 0.717) is 60.6 Å². The van der Waals surface area contributed by atoms with Gasteiger partial charge in [0.2, 0.25) is 22.8 Å². The largest absolute Gasteiger partial charge is 0.469 e. The van der Waals surface area contributed by atoms with Crippen molar-refractivity contribution in [2.75, 3.05) is 49.9 Å². The number of esters is 1. The van der Waals surface area contributed by atoms with E-state index in [4.69, 9.17) is 88.2 Å². The van der Waals surface area contributed by atoms with Crippen LogP contribution in [0.15, 0.2) is 0 Å². The Morgan fingerprint density at radius 3 is 1.17 bits per heavy atom. The monoisotopic (exact) mass is 978 g/mol. The molecule has 0 aliphatic carbocycles. The Balaban J connectivity index is 6.07. The van der Waals surface area contributed by atoms with Crippen molar-refractivity contribution in [1.82, 2.24) is 0 Å². The minimum absolute atomic E-state index is 0.0768. The van der Waals surface area contributed by atoms with Gasteiger partial charge in [-0.25, -0.2) is 0 Å². The van der Waals surface area contributed by atoms with E-state index in [9.17, 15) is 4.79 Å². The minimum atomic E-state index is -3.00. The van der Waals surface area contributed by atoms with Crippen LogP contribution in [0.5, 0.6) is 0 Å². The van der Waals surface area contributed by atoms with Crippen molar-refractivity contribution in [2.24, 2.45) is 17.8 Å². The summed E-state index contributed by atoms with van der Waals surface area (Å²) in [5.41, 5.74) is -11.0. The van der Waals surface area contributed by atoms with Crippen LogP contribution in [0.1, 0.15) is 96.4 Å². The topological polar surface area (TPSA) is 100 Å². The van der Waals surface area contributed by atoms with E-state index >= 15 is 0 Å². The standard InChI is InChI=1S/C31H66O10P4S8/c1-23(2)17-34-42(46,35-18-24(3)4)51-20-28(11)40-45(49,41-29(12)21-52-43(47,37-26(7)8)36-19-25(5)6)53-22-30(13)39-44(48,38-27(9)10)50-16-15-31(32)33-14/h23-30H,15-22H2,1-14H3. The molecule has 0 bridgehead atoms. The van der Waals surface area contributed by atoms with Crippen molar-refractivity contribution < 1.29 is 45.7 Å². The fraction of sp³-hybridized carbons (Fsp3) is 0.968. The second kappa shape index (κ2) is 28.6. The van der Waals surface area contributed by atoms with Gasteiger partial charge >= 0.3 is 5.97 Å². The molecule has 22 heteroatoms. The van der Waals surface area contributed by atoms with E-state index in [1.165, 1.54) is 52.6 Å². The number of carbonyl (C=O) groups is 1. The van der Waals surface area contributed by atoms with Gasteiger partial charge in [-0.2, -0.15) is 0 Å². The Labute approximate surface area is 359 Å². The Kier molecular flexibility index (Phi) is 30.3. The minimum Gasteiger partial charge on any atom is -0.469 e. The van der Waals surface area contributed by atoms with Crippen molar-refractivity contribution in [1.29, 1.82) is 0 Å². The number of carbonyl (C=O) groups excluding carboxylic acids is 1. The first-order valence-electron chi connectivity index (χ1n) is 17.7. The van der Waals surface area contributed by atoms with Gasteiger partial charge in [0.1, 0.15) is 0 Å². The van der Waals surface area contributed by atoms with Gasteiger partial charge in [0.25, 0.3) is 0 Å². The van der Waals surface area contributed by atoms with E-state index in [-0.39, 0.29) is 42.9 Å². The predicted molar refractivity (Wildman–Crippen MR) is 250 cm³/mol. The second-order valence-corrected chi connectivity index (χ2v) is 39.2. The van der Waals surface area contributed by atoms with Gasteiger partial charge in [-0.15, -0.1) is 0 Å². The maximum atomic E-state index is 11.7. The van der Waals surface area contributed by atoms with Gasteiger partial charge in [-0.3, -0.25) is 4.79 Å². The summed E-state index contributed by atoms with van der Waals surface area (Å²) in [6, 6.07) is 0. The molecule has 0 saturated heterocycles. The highest BCUT2D eigenvalue weighted by molar-refractivity contribution is 8.69. The molecule has 0 saturated carbocycles. The summed E-state index contributed by atoms with van der Waals surface area (Å²) in [5, 5.41) is 0. The molecule has 0 rings (SSSR count). The first kappa shape index (κ1) is 56.1. The van der Waals surface area contributed by atoms with Crippen LogP contribution in [-0.2, 0) is 92.9 Å². The van der Waals surface area contributed by atoms with E-state index < -0.39 is 22.8 Å². The lowest BCUT2D eigenvalue weighted by Gasteiger charge is -2.31. The summed E-state index contributed by atoms with van der Waals surface area (Å²) in [6.45, 7) is 27.7. The Morgan fingerprint density at radius 1 is 0.491 bits per heavy atom. The molecule has 53 heavy (non-hydrogen) atoms. The Hall–Kier alpha value is 3.15. The summed E-state index contributed by atoms with van der Waals surface area (Å²) in [5.74, 6) is 2.52. The zero-order valence-corrected chi connectivity index (χ0v) is 44.0. The number of hydrogen-bond acceptors (Lipinski definition) is 18. The summed E-state index contributed by atoms with van der Waals surface area (Å²) in [6.07, 6.45) is -1.03. The number of methoxy groups -OCH3 is 1. The third kappa shape index (κ3) is 29.1. The fourth-order valence-electron chi connectivity index (χ4n) is 3.30. The third-order valence-corrected chi connectivity index (χ3v) is 27.6. The van der Waals surface area contributed by atoms with Gasteiger partial charge in [0.05, 0.1) is 63.9 Å². The molecule has 0 fully saturated rings. The molecule has 0 aromatic heterocycles. The molecule has 0 aliphatic rings. The van der Waals surface area contributed by atoms with Crippen molar-refractivity contribution >= 4 is 121 Å². The first-order chi connectivity index (χ1) is 24.3. The van der Waals surface area contributed by atoms with E-state index in [1.807, 2.05) is 48.5 Å². The van der Waals surface area contributed by atoms with Crippen molar-refractivity contribution in [2.45, 2.75) is 127 Å². The predicted octanol–water partition coefficient (Wildman–Crippen LogP) is 12.5. The molecule has 10 nitrogen and oxygen atoms in total. The molecule has 0 heterocycles. The quantitative estimate of drug-likeness (QED) is 0.0472. The highest BCUT2D eigenvalue weighted by Crippen LogP contribution is 2.68. The Morgan fingerprint density at radius 2 is 0.811 bits per heavy atom. The Bertz CT molecular complexity index is 1220. The summed E-state index contributed by atoms with van der Waals surface area (Å²) in [7, 11) is 1.36. The number of hydrogen-bond donors (Lipinski definition) is 0. The van der Waals surface area contributed by atoms with Crippen molar-refractivity contribution in [3.05, 3.63) is 0 Å². The van der Waals surface area contributed by atoms with Gasteiger partial charge in [-0.05, 0) is 113 Å². The average Bonchev–Trinajstić information content (AvgIpc) is 3.02. The third-order valence-electron chi connectivity index (χ3n) is 5.49. The molecule has 0 aromatic rings. The molecular formula is C31H66O10P4S8. The SMILES string of the molecule is COC(=O)CCSP(=S)(OC(C)C)OC(C)CSP(=S)(OC(C)CSP(=S)(OCC(C)C)OCC(C)C)OC(C)CSP(=S)(OCC(C)C)OC(C)C. The maximum absolute atomic E-state index is 11.7. The molecule has 0 aliphatic heterocycles. The van der Waals surface area contributed by atoms with Crippen LogP contribution in [-0.4, -0.2) is 86.4 Å². The molecule has 0 aromatic carbocycles. The molecule has 318 valence electrons. The van der Waals surface area contributed by atoms with E-state index in [2.05, 4.69) is 41.5 Å². The zero-order chi connectivity index (χ0) is 41.0. The van der Waals surface area contributed by atoms with Gasteiger partial charge in [0, 0.05) is 23.0 Å². The number of rotatable bonds is 32. The van der Waals surface area contributed by atoms with Crippen molar-refractivity contribution in [3.8, 4) is 0 Å². The molecule has 6 atom stereocenters. The van der Waals surface area contributed by atoms with Crippen molar-refractivity contribution in [3.63, 3.8) is 0 Å². The molecule has 0 amide bonds. The summed E-state index contributed by atoms with van der Waals surface area (Å²) < 4.78 is 55.2.